The zero-order chi connectivity index (χ0) is 10.7. The summed E-state index contributed by atoms with van der Waals surface area (Å²) in [7, 11) is 1.49. The molecule has 2 aromatic rings. The Kier molecular flexibility index (Phi) is 2.40. The average molecular weight is 203 g/mol. The van der Waals surface area contributed by atoms with Gasteiger partial charge in [-0.25, -0.2) is 9.97 Å². The van der Waals surface area contributed by atoms with Gasteiger partial charge in [0.2, 0.25) is 0 Å². The number of nitrogens with two attached hydrogens (primary N) is 1. The van der Waals surface area contributed by atoms with Gasteiger partial charge in [0.05, 0.1) is 12.8 Å². The van der Waals surface area contributed by atoms with E-state index in [1.54, 1.807) is 18.5 Å². The molecule has 6 heteroatoms. The smallest absolute Gasteiger partial charge is 0.318 e. The van der Waals surface area contributed by atoms with Crippen molar-refractivity contribution in [2.75, 3.05) is 12.8 Å². The number of rotatable bonds is 2. The van der Waals surface area contributed by atoms with Gasteiger partial charge in [-0.15, -0.1) is 0 Å². The molecule has 0 unspecified atom stereocenters. The molecule has 0 saturated heterocycles. The lowest BCUT2D eigenvalue weighted by atomic mass is 10.2. The molecular weight excluding hydrogens is 194 g/mol. The van der Waals surface area contributed by atoms with E-state index in [2.05, 4.69) is 19.9 Å². The van der Waals surface area contributed by atoms with Gasteiger partial charge in [0.25, 0.3) is 0 Å². The van der Waals surface area contributed by atoms with Crippen LogP contribution in [0, 0.1) is 0 Å². The highest BCUT2D eigenvalue weighted by atomic mass is 16.5. The lowest BCUT2D eigenvalue weighted by Crippen LogP contribution is -1.98. The van der Waals surface area contributed by atoms with E-state index in [0.717, 1.165) is 5.56 Å². The number of methoxy groups -OCH3 is 1. The zero-order valence-electron chi connectivity index (χ0n) is 8.08. The Labute approximate surface area is 86.2 Å². The third-order valence-electron chi connectivity index (χ3n) is 1.76. The molecular formula is C9H9N5O. The van der Waals surface area contributed by atoms with Crippen LogP contribution in [-0.4, -0.2) is 27.0 Å². The minimum Gasteiger partial charge on any atom is -0.467 e. The van der Waals surface area contributed by atoms with Gasteiger partial charge in [0, 0.05) is 24.0 Å². The highest BCUT2D eigenvalue weighted by Crippen LogP contribution is 2.18. The Hall–Kier alpha value is -2.24. The third-order valence-corrected chi connectivity index (χ3v) is 1.76. The molecule has 2 N–H and O–H groups in total. The highest BCUT2D eigenvalue weighted by molar-refractivity contribution is 5.60. The number of aromatic nitrogens is 4. The normalized spacial score (nSPS) is 9.93. The van der Waals surface area contributed by atoms with Crippen molar-refractivity contribution in [2.24, 2.45) is 0 Å². The van der Waals surface area contributed by atoms with Crippen molar-refractivity contribution in [3.8, 4) is 17.3 Å². The molecule has 2 aromatic heterocycles. The zero-order valence-corrected chi connectivity index (χ0v) is 8.08. The first kappa shape index (κ1) is 9.32. The van der Waals surface area contributed by atoms with Gasteiger partial charge in [-0.3, -0.25) is 0 Å². The molecule has 0 fully saturated rings. The van der Waals surface area contributed by atoms with Crippen LogP contribution in [0.2, 0.25) is 0 Å². The van der Waals surface area contributed by atoms with Gasteiger partial charge in [-0.2, -0.15) is 9.97 Å². The van der Waals surface area contributed by atoms with Gasteiger partial charge in [-0.1, -0.05) is 0 Å². The van der Waals surface area contributed by atoms with Gasteiger partial charge in [0.1, 0.15) is 12.1 Å². The van der Waals surface area contributed by atoms with Crippen LogP contribution in [0.3, 0.4) is 0 Å². The summed E-state index contributed by atoms with van der Waals surface area (Å²) in [5, 5.41) is 0. The number of hydrogen-bond donors (Lipinski definition) is 1. The molecule has 0 radical (unpaired) electrons. The van der Waals surface area contributed by atoms with Gasteiger partial charge in [0.15, 0.2) is 0 Å². The van der Waals surface area contributed by atoms with Crippen LogP contribution in [0.1, 0.15) is 0 Å². The Morgan fingerprint density at radius 2 is 1.93 bits per heavy atom. The van der Waals surface area contributed by atoms with E-state index < -0.39 is 0 Å². The standard InChI is InChI=1S/C9H9N5O/c1-15-9-13-7(2-8(10)14-9)6-3-11-5-12-4-6/h2-5H,1H3,(H2,10,13,14). The molecule has 2 rings (SSSR count). The van der Waals surface area contributed by atoms with Crippen molar-refractivity contribution in [3.05, 3.63) is 24.8 Å². The maximum absolute atomic E-state index is 5.60. The van der Waals surface area contributed by atoms with Crippen LogP contribution in [0.15, 0.2) is 24.8 Å². The fourth-order valence-electron chi connectivity index (χ4n) is 1.11. The Balaban J connectivity index is 2.49. The highest BCUT2D eigenvalue weighted by Gasteiger charge is 2.05. The fraction of sp³-hybridized carbons (Fsp3) is 0.111. The molecule has 6 nitrogen and oxygen atoms in total. The molecule has 0 aliphatic heterocycles. The van der Waals surface area contributed by atoms with E-state index in [9.17, 15) is 0 Å². The van der Waals surface area contributed by atoms with Crippen molar-refractivity contribution in [3.63, 3.8) is 0 Å². The number of hydrogen-bond acceptors (Lipinski definition) is 6. The van der Waals surface area contributed by atoms with Crippen molar-refractivity contribution < 1.29 is 4.74 Å². The predicted molar refractivity (Wildman–Crippen MR) is 54.0 cm³/mol. The molecule has 0 saturated carbocycles. The van der Waals surface area contributed by atoms with Gasteiger partial charge >= 0.3 is 6.01 Å². The molecule has 0 atom stereocenters. The van der Waals surface area contributed by atoms with Crippen molar-refractivity contribution in [1.82, 2.24) is 19.9 Å². The molecule has 2 heterocycles. The Morgan fingerprint density at radius 3 is 2.60 bits per heavy atom. The van der Waals surface area contributed by atoms with Crippen LogP contribution in [0.5, 0.6) is 6.01 Å². The lowest BCUT2D eigenvalue weighted by Gasteiger charge is -2.03. The Morgan fingerprint density at radius 1 is 1.20 bits per heavy atom. The van der Waals surface area contributed by atoms with E-state index in [-0.39, 0.29) is 6.01 Å². The minimum absolute atomic E-state index is 0.230. The second kappa shape index (κ2) is 3.87. The van der Waals surface area contributed by atoms with E-state index in [1.807, 2.05) is 0 Å². The van der Waals surface area contributed by atoms with E-state index in [0.29, 0.717) is 11.5 Å². The molecule has 0 aliphatic carbocycles. The number of nitrogens with zero attached hydrogens (tertiary/aromatic N) is 4. The Bertz CT molecular complexity index is 459. The first-order chi connectivity index (χ1) is 7.29. The van der Waals surface area contributed by atoms with Gasteiger partial charge in [-0.05, 0) is 0 Å². The van der Waals surface area contributed by atoms with E-state index in [4.69, 9.17) is 10.5 Å². The topological polar surface area (TPSA) is 86.8 Å². The second-order valence-corrected chi connectivity index (χ2v) is 2.79. The summed E-state index contributed by atoms with van der Waals surface area (Å²) in [5.41, 5.74) is 7.01. The van der Waals surface area contributed by atoms with Gasteiger partial charge < -0.3 is 10.5 Å². The van der Waals surface area contributed by atoms with Crippen LogP contribution in [-0.2, 0) is 0 Å². The van der Waals surface area contributed by atoms with Crippen LogP contribution >= 0.6 is 0 Å². The predicted octanol–water partition coefficient (Wildman–Crippen LogP) is 0.524. The molecule has 0 spiro atoms. The second-order valence-electron chi connectivity index (χ2n) is 2.79. The third kappa shape index (κ3) is 1.98. The number of anilines is 1. The number of nitrogen functional groups attached to an aromatic ring is 1. The van der Waals surface area contributed by atoms with Crippen LogP contribution < -0.4 is 10.5 Å². The summed E-state index contributed by atoms with van der Waals surface area (Å²) in [4.78, 5) is 15.8. The fourth-order valence-corrected chi connectivity index (χ4v) is 1.11. The first-order valence-electron chi connectivity index (χ1n) is 4.23. The maximum atomic E-state index is 5.60. The lowest BCUT2D eigenvalue weighted by molar-refractivity contribution is 0.381. The quantitative estimate of drug-likeness (QED) is 0.765. The average Bonchev–Trinajstić information content (AvgIpc) is 2.29. The summed E-state index contributed by atoms with van der Waals surface area (Å²) in [6.07, 6.45) is 4.74. The summed E-state index contributed by atoms with van der Waals surface area (Å²) >= 11 is 0. The SMILES string of the molecule is COc1nc(N)cc(-c2cncnc2)n1. The summed E-state index contributed by atoms with van der Waals surface area (Å²) in [5.74, 6) is 0.348. The van der Waals surface area contributed by atoms with E-state index in [1.165, 1.54) is 13.4 Å². The maximum Gasteiger partial charge on any atom is 0.318 e. The van der Waals surface area contributed by atoms with Crippen molar-refractivity contribution >= 4 is 5.82 Å². The van der Waals surface area contributed by atoms with E-state index >= 15 is 0 Å². The summed E-state index contributed by atoms with van der Waals surface area (Å²) < 4.78 is 4.91. The molecule has 76 valence electrons. The van der Waals surface area contributed by atoms with Crippen molar-refractivity contribution in [2.45, 2.75) is 0 Å². The number of ether oxygens (including phenoxy) is 1. The summed E-state index contributed by atoms with van der Waals surface area (Å²) in [6, 6.07) is 1.87. The largest absolute Gasteiger partial charge is 0.467 e. The molecule has 0 bridgehead atoms. The molecule has 0 amide bonds. The van der Waals surface area contributed by atoms with Crippen molar-refractivity contribution in [1.29, 1.82) is 0 Å². The minimum atomic E-state index is 0.230. The summed E-state index contributed by atoms with van der Waals surface area (Å²) in [6.45, 7) is 0. The monoisotopic (exact) mass is 203 g/mol. The molecule has 0 aliphatic rings. The molecule has 0 aromatic carbocycles. The van der Waals surface area contributed by atoms with Crippen LogP contribution in [0.25, 0.3) is 11.3 Å². The van der Waals surface area contributed by atoms with Crippen LogP contribution in [0.4, 0.5) is 5.82 Å². The molecule has 15 heavy (non-hydrogen) atoms. The first-order valence-corrected chi connectivity index (χ1v) is 4.23.